The van der Waals surface area contributed by atoms with Crippen LogP contribution in [-0.4, -0.2) is 47.7 Å². The Kier molecular flexibility index (Phi) is 6.74. The summed E-state index contributed by atoms with van der Waals surface area (Å²) in [6, 6.07) is 8.99. The molecule has 1 aliphatic heterocycles. The topological polar surface area (TPSA) is 75.0 Å². The number of nitrogens with one attached hydrogen (secondary N) is 1. The quantitative estimate of drug-likeness (QED) is 0.804. The number of piperidine rings is 1. The van der Waals surface area contributed by atoms with Crippen molar-refractivity contribution in [3.05, 3.63) is 53.7 Å². The number of urea groups is 1. The third kappa shape index (κ3) is 5.49. The summed E-state index contributed by atoms with van der Waals surface area (Å²) in [7, 11) is 0. The minimum atomic E-state index is -0.364. The molecule has 0 unspecified atom stereocenters. The second-order valence-corrected chi connectivity index (χ2v) is 6.99. The van der Waals surface area contributed by atoms with Crippen LogP contribution in [0.15, 0.2) is 40.8 Å². The second-order valence-electron chi connectivity index (χ2n) is 6.99. The van der Waals surface area contributed by atoms with Gasteiger partial charge in [-0.2, -0.15) is 0 Å². The summed E-state index contributed by atoms with van der Waals surface area (Å²) in [6.45, 7) is 5.30. The van der Waals surface area contributed by atoms with Crippen LogP contribution in [-0.2, 0) is 11.3 Å². The van der Waals surface area contributed by atoms with Crippen LogP contribution >= 0.6 is 0 Å². The molecule has 0 spiro atoms. The zero-order valence-electron chi connectivity index (χ0n) is 16.7. The second kappa shape index (κ2) is 9.45. The monoisotopic (exact) mass is 403 g/mol. The number of rotatable bonds is 5. The van der Waals surface area contributed by atoms with E-state index >= 15 is 0 Å². The number of hydrogen-bond donors (Lipinski definition) is 1. The fourth-order valence-electron chi connectivity index (χ4n) is 3.41. The van der Waals surface area contributed by atoms with Gasteiger partial charge in [-0.1, -0.05) is 0 Å². The van der Waals surface area contributed by atoms with Gasteiger partial charge in [0.15, 0.2) is 0 Å². The first-order valence-corrected chi connectivity index (χ1v) is 9.76. The molecule has 156 valence electrons. The maximum absolute atomic E-state index is 13.1. The van der Waals surface area contributed by atoms with Crippen molar-refractivity contribution in [1.82, 2.24) is 9.80 Å². The summed E-state index contributed by atoms with van der Waals surface area (Å²) in [5.74, 6) is 1.10. The van der Waals surface area contributed by atoms with Gasteiger partial charge in [-0.15, -0.1) is 0 Å². The lowest BCUT2D eigenvalue weighted by molar-refractivity contribution is 0.0804. The van der Waals surface area contributed by atoms with Crippen molar-refractivity contribution in [3.8, 4) is 0 Å². The Balaban J connectivity index is 1.70. The van der Waals surface area contributed by atoms with Gasteiger partial charge in [0.25, 0.3) is 0 Å². The molecule has 2 heterocycles. The Morgan fingerprint density at radius 1 is 1.21 bits per heavy atom. The number of anilines is 1. The smallest absolute Gasteiger partial charge is 0.409 e. The lowest BCUT2D eigenvalue weighted by Gasteiger charge is -2.37. The molecule has 2 aromatic rings. The van der Waals surface area contributed by atoms with E-state index in [-0.39, 0.29) is 24.0 Å². The highest BCUT2D eigenvalue weighted by atomic mass is 19.1. The molecule has 3 rings (SSSR count). The number of hydrogen-bond acceptors (Lipinski definition) is 4. The highest BCUT2D eigenvalue weighted by Gasteiger charge is 2.31. The number of benzene rings is 1. The van der Waals surface area contributed by atoms with E-state index in [2.05, 4.69) is 5.32 Å². The number of aryl methyl sites for hydroxylation is 1. The molecule has 8 heteroatoms. The molecule has 1 saturated heterocycles. The van der Waals surface area contributed by atoms with Crippen molar-refractivity contribution < 1.29 is 23.1 Å². The van der Waals surface area contributed by atoms with Gasteiger partial charge in [-0.05, 0) is 63.1 Å². The first-order valence-electron chi connectivity index (χ1n) is 9.76. The van der Waals surface area contributed by atoms with E-state index in [9.17, 15) is 14.0 Å². The maximum atomic E-state index is 13.1. The number of amides is 3. The van der Waals surface area contributed by atoms with E-state index in [1.807, 2.05) is 19.1 Å². The molecular formula is C21H26FN3O4. The summed E-state index contributed by atoms with van der Waals surface area (Å²) >= 11 is 0. The van der Waals surface area contributed by atoms with Gasteiger partial charge < -0.3 is 24.3 Å². The van der Waals surface area contributed by atoms with E-state index in [1.165, 1.54) is 24.3 Å². The number of carbonyl (C=O) groups is 2. The summed E-state index contributed by atoms with van der Waals surface area (Å²) < 4.78 is 23.9. The highest BCUT2D eigenvalue weighted by molar-refractivity contribution is 5.89. The SMILES string of the molecule is CCOC(=O)N1CCC(N(Cc2ccc(C)o2)C(=O)Nc2ccc(F)cc2)CC1. The Morgan fingerprint density at radius 2 is 1.90 bits per heavy atom. The number of ether oxygens (including phenoxy) is 1. The maximum Gasteiger partial charge on any atom is 0.409 e. The molecule has 1 aromatic heterocycles. The fraction of sp³-hybridized carbons (Fsp3) is 0.429. The molecule has 0 atom stereocenters. The van der Waals surface area contributed by atoms with Crippen molar-refractivity contribution in [2.24, 2.45) is 0 Å². The van der Waals surface area contributed by atoms with Gasteiger partial charge in [0.05, 0.1) is 13.2 Å². The largest absolute Gasteiger partial charge is 0.464 e. The molecule has 1 aromatic carbocycles. The molecule has 0 radical (unpaired) electrons. The Labute approximate surface area is 169 Å². The predicted molar refractivity (Wildman–Crippen MR) is 106 cm³/mol. The first-order chi connectivity index (χ1) is 14.0. The molecule has 0 aliphatic carbocycles. The first kappa shape index (κ1) is 20.7. The number of furan rings is 1. The van der Waals surface area contributed by atoms with Crippen molar-refractivity contribution in [2.45, 2.75) is 39.3 Å². The molecule has 1 N–H and O–H groups in total. The number of halogens is 1. The van der Waals surface area contributed by atoms with Crippen LogP contribution in [0.1, 0.15) is 31.3 Å². The van der Waals surface area contributed by atoms with E-state index in [0.717, 1.165) is 5.76 Å². The van der Waals surface area contributed by atoms with E-state index in [1.54, 1.807) is 16.7 Å². The zero-order valence-corrected chi connectivity index (χ0v) is 16.7. The predicted octanol–water partition coefficient (Wildman–Crippen LogP) is 4.38. The van der Waals surface area contributed by atoms with Gasteiger partial charge in [0, 0.05) is 24.8 Å². The molecule has 1 fully saturated rings. The lowest BCUT2D eigenvalue weighted by Crippen LogP contribution is -2.49. The molecule has 3 amide bonds. The van der Waals surface area contributed by atoms with E-state index in [0.29, 0.717) is 50.5 Å². The molecule has 0 saturated carbocycles. The summed E-state index contributed by atoms with van der Waals surface area (Å²) in [6.07, 6.45) is 0.944. The van der Waals surface area contributed by atoms with Crippen LogP contribution in [0, 0.1) is 12.7 Å². The minimum Gasteiger partial charge on any atom is -0.464 e. The standard InChI is InChI=1S/C21H26FN3O4/c1-3-28-21(27)24-12-10-18(11-13-24)25(14-19-9-4-15(2)29-19)20(26)23-17-7-5-16(22)6-8-17/h4-9,18H,3,10-14H2,1-2H3,(H,23,26). The number of nitrogens with zero attached hydrogens (tertiary/aromatic N) is 2. The molecule has 7 nitrogen and oxygen atoms in total. The minimum absolute atomic E-state index is 0.0634. The number of carbonyl (C=O) groups excluding carboxylic acids is 2. The Hall–Kier alpha value is -3.03. The van der Waals surface area contributed by atoms with Gasteiger partial charge in [-0.25, -0.2) is 14.0 Å². The van der Waals surface area contributed by atoms with Gasteiger partial charge in [-0.3, -0.25) is 0 Å². The Bertz CT molecular complexity index is 829. The van der Waals surface area contributed by atoms with Crippen LogP contribution in [0.2, 0.25) is 0 Å². The Morgan fingerprint density at radius 3 is 2.48 bits per heavy atom. The van der Waals surface area contributed by atoms with Crippen molar-refractivity contribution in [2.75, 3.05) is 25.0 Å². The molecule has 0 bridgehead atoms. The van der Waals surface area contributed by atoms with Crippen molar-refractivity contribution >= 4 is 17.8 Å². The average Bonchev–Trinajstić information content (AvgIpc) is 3.13. The van der Waals surface area contributed by atoms with Crippen LogP contribution in [0.5, 0.6) is 0 Å². The van der Waals surface area contributed by atoms with Gasteiger partial charge in [0.1, 0.15) is 17.3 Å². The highest BCUT2D eigenvalue weighted by Crippen LogP contribution is 2.22. The molecular weight excluding hydrogens is 377 g/mol. The average molecular weight is 403 g/mol. The van der Waals surface area contributed by atoms with Crippen LogP contribution in [0.4, 0.5) is 19.7 Å². The molecule has 1 aliphatic rings. The van der Waals surface area contributed by atoms with Crippen LogP contribution < -0.4 is 5.32 Å². The molecule has 29 heavy (non-hydrogen) atoms. The third-order valence-corrected chi connectivity index (χ3v) is 4.91. The van der Waals surface area contributed by atoms with Crippen LogP contribution in [0.25, 0.3) is 0 Å². The van der Waals surface area contributed by atoms with Gasteiger partial charge >= 0.3 is 12.1 Å². The van der Waals surface area contributed by atoms with Crippen LogP contribution in [0.3, 0.4) is 0 Å². The summed E-state index contributed by atoms with van der Waals surface area (Å²) in [5.41, 5.74) is 0.515. The fourth-order valence-corrected chi connectivity index (χ4v) is 3.41. The van der Waals surface area contributed by atoms with E-state index in [4.69, 9.17) is 9.15 Å². The lowest BCUT2D eigenvalue weighted by atomic mass is 10.0. The zero-order chi connectivity index (χ0) is 20.8. The third-order valence-electron chi connectivity index (χ3n) is 4.91. The summed E-state index contributed by atoms with van der Waals surface area (Å²) in [4.78, 5) is 28.3. The van der Waals surface area contributed by atoms with E-state index < -0.39 is 0 Å². The number of likely N-dealkylation sites (tertiary alicyclic amines) is 1. The van der Waals surface area contributed by atoms with Gasteiger partial charge in [0.2, 0.25) is 0 Å². The summed E-state index contributed by atoms with van der Waals surface area (Å²) in [5, 5.41) is 2.82. The van der Waals surface area contributed by atoms with Crippen molar-refractivity contribution in [3.63, 3.8) is 0 Å². The van der Waals surface area contributed by atoms with Crippen molar-refractivity contribution in [1.29, 1.82) is 0 Å². The normalized spacial score (nSPS) is 14.5.